The second kappa shape index (κ2) is 5.15. The minimum absolute atomic E-state index is 0.299. The Morgan fingerprint density at radius 3 is 3.05 bits per heavy atom. The quantitative estimate of drug-likeness (QED) is 0.844. The molecule has 19 heavy (non-hydrogen) atoms. The van der Waals surface area contributed by atoms with E-state index >= 15 is 0 Å². The van der Waals surface area contributed by atoms with Gasteiger partial charge in [-0.1, -0.05) is 0 Å². The Labute approximate surface area is 111 Å². The molecular weight excluding hydrogens is 240 g/mol. The topological polar surface area (TPSA) is 59.0 Å². The van der Waals surface area contributed by atoms with Crippen molar-refractivity contribution in [3.8, 4) is 11.9 Å². The standard InChI is InChI=1S/C15H14N2O2/c16-9-12-8-11-4-1-2-6-14(11)17-15(12)19-10-13-5-3-7-18-13/h3,5,7-8H,1-2,4,6,10H2. The smallest absolute Gasteiger partial charge is 0.232 e. The fourth-order valence-electron chi connectivity index (χ4n) is 2.34. The summed E-state index contributed by atoms with van der Waals surface area (Å²) in [6, 6.07) is 7.72. The van der Waals surface area contributed by atoms with Gasteiger partial charge in [-0.25, -0.2) is 4.98 Å². The lowest BCUT2D eigenvalue weighted by Crippen LogP contribution is -2.08. The van der Waals surface area contributed by atoms with Gasteiger partial charge in [-0.2, -0.15) is 5.26 Å². The predicted molar refractivity (Wildman–Crippen MR) is 68.6 cm³/mol. The van der Waals surface area contributed by atoms with Crippen molar-refractivity contribution in [3.05, 3.63) is 47.0 Å². The van der Waals surface area contributed by atoms with Crippen LogP contribution in [-0.4, -0.2) is 4.98 Å². The Bertz CT molecular complexity index is 612. The fourth-order valence-corrected chi connectivity index (χ4v) is 2.34. The first-order valence-electron chi connectivity index (χ1n) is 6.45. The number of aryl methyl sites for hydroxylation is 2. The lowest BCUT2D eigenvalue weighted by molar-refractivity contribution is 0.259. The maximum Gasteiger partial charge on any atom is 0.232 e. The highest BCUT2D eigenvalue weighted by Crippen LogP contribution is 2.26. The number of aromatic nitrogens is 1. The lowest BCUT2D eigenvalue weighted by Gasteiger charge is -2.16. The van der Waals surface area contributed by atoms with Gasteiger partial charge >= 0.3 is 0 Å². The number of ether oxygens (including phenoxy) is 1. The molecule has 0 spiro atoms. The fraction of sp³-hybridized carbons (Fsp3) is 0.333. The molecule has 1 aliphatic rings. The van der Waals surface area contributed by atoms with Crippen LogP contribution in [0.3, 0.4) is 0 Å². The monoisotopic (exact) mass is 254 g/mol. The van der Waals surface area contributed by atoms with Crippen LogP contribution in [0.4, 0.5) is 0 Å². The van der Waals surface area contributed by atoms with Crippen molar-refractivity contribution >= 4 is 0 Å². The number of rotatable bonds is 3. The zero-order valence-corrected chi connectivity index (χ0v) is 10.6. The van der Waals surface area contributed by atoms with Crippen LogP contribution in [0.2, 0.25) is 0 Å². The third-order valence-electron chi connectivity index (χ3n) is 3.32. The summed E-state index contributed by atoms with van der Waals surface area (Å²) in [7, 11) is 0. The molecule has 96 valence electrons. The van der Waals surface area contributed by atoms with Gasteiger partial charge in [0.25, 0.3) is 0 Å². The summed E-state index contributed by atoms with van der Waals surface area (Å²) in [5.41, 5.74) is 2.76. The Morgan fingerprint density at radius 1 is 1.37 bits per heavy atom. The molecule has 0 bridgehead atoms. The highest BCUT2D eigenvalue weighted by molar-refractivity contribution is 5.43. The van der Waals surface area contributed by atoms with E-state index < -0.39 is 0 Å². The number of pyridine rings is 1. The molecule has 0 atom stereocenters. The maximum atomic E-state index is 9.18. The van der Waals surface area contributed by atoms with Crippen LogP contribution in [0.5, 0.6) is 5.88 Å². The molecule has 2 heterocycles. The van der Waals surface area contributed by atoms with Crippen LogP contribution >= 0.6 is 0 Å². The molecule has 0 fully saturated rings. The summed E-state index contributed by atoms with van der Waals surface area (Å²) in [5.74, 6) is 1.14. The first kappa shape index (κ1) is 11.8. The first-order valence-corrected chi connectivity index (χ1v) is 6.45. The molecule has 2 aromatic heterocycles. The van der Waals surface area contributed by atoms with Crippen LogP contribution in [0.1, 0.15) is 35.4 Å². The molecule has 4 nitrogen and oxygen atoms in total. The molecule has 0 aromatic carbocycles. The van der Waals surface area contributed by atoms with E-state index in [1.54, 1.807) is 6.26 Å². The molecule has 4 heteroatoms. The summed E-state index contributed by atoms with van der Waals surface area (Å²) in [5, 5.41) is 9.18. The number of fused-ring (bicyclic) bond motifs is 1. The summed E-state index contributed by atoms with van der Waals surface area (Å²) >= 11 is 0. The van der Waals surface area contributed by atoms with Gasteiger partial charge in [0, 0.05) is 5.69 Å². The summed E-state index contributed by atoms with van der Waals surface area (Å²) in [6.45, 7) is 0.299. The molecule has 0 N–H and O–H groups in total. The Morgan fingerprint density at radius 2 is 2.26 bits per heavy atom. The van der Waals surface area contributed by atoms with Crippen molar-refractivity contribution in [2.24, 2.45) is 0 Å². The van der Waals surface area contributed by atoms with Crippen molar-refractivity contribution in [2.45, 2.75) is 32.3 Å². The molecule has 0 amide bonds. The molecule has 1 aliphatic carbocycles. The SMILES string of the molecule is N#Cc1cc2c(nc1OCc1ccco1)CCCC2. The van der Waals surface area contributed by atoms with Gasteiger partial charge < -0.3 is 9.15 Å². The minimum Gasteiger partial charge on any atom is -0.469 e. The van der Waals surface area contributed by atoms with E-state index in [1.807, 2.05) is 18.2 Å². The van der Waals surface area contributed by atoms with Crippen molar-refractivity contribution < 1.29 is 9.15 Å². The molecular formula is C15H14N2O2. The predicted octanol–water partition coefficient (Wildman–Crippen LogP) is 3.00. The van der Waals surface area contributed by atoms with E-state index in [2.05, 4.69) is 11.1 Å². The van der Waals surface area contributed by atoms with E-state index in [0.717, 1.165) is 30.7 Å². The minimum atomic E-state index is 0.299. The largest absolute Gasteiger partial charge is 0.469 e. The van der Waals surface area contributed by atoms with Crippen LogP contribution < -0.4 is 4.74 Å². The van der Waals surface area contributed by atoms with Gasteiger partial charge in [-0.05, 0) is 49.4 Å². The summed E-state index contributed by atoms with van der Waals surface area (Å²) < 4.78 is 10.8. The van der Waals surface area contributed by atoms with Gasteiger partial charge in [-0.3, -0.25) is 0 Å². The van der Waals surface area contributed by atoms with Crippen molar-refractivity contribution in [2.75, 3.05) is 0 Å². The number of furan rings is 1. The van der Waals surface area contributed by atoms with E-state index in [-0.39, 0.29) is 0 Å². The normalized spacial score (nSPS) is 13.6. The van der Waals surface area contributed by atoms with Gasteiger partial charge in [0.15, 0.2) is 0 Å². The van der Waals surface area contributed by atoms with E-state index in [1.165, 1.54) is 12.0 Å². The third kappa shape index (κ3) is 2.45. The van der Waals surface area contributed by atoms with Gasteiger partial charge in [0.2, 0.25) is 5.88 Å². The zero-order valence-electron chi connectivity index (χ0n) is 10.6. The van der Waals surface area contributed by atoms with Gasteiger partial charge in [0.1, 0.15) is 24.0 Å². The number of nitriles is 1. The second-order valence-corrected chi connectivity index (χ2v) is 4.63. The van der Waals surface area contributed by atoms with Gasteiger partial charge in [0.05, 0.1) is 6.26 Å². The molecule has 0 radical (unpaired) electrons. The highest BCUT2D eigenvalue weighted by atomic mass is 16.5. The Hall–Kier alpha value is -2.28. The third-order valence-corrected chi connectivity index (χ3v) is 3.32. The molecule has 2 aromatic rings. The Kier molecular flexibility index (Phi) is 3.20. The maximum absolute atomic E-state index is 9.18. The van der Waals surface area contributed by atoms with E-state index in [9.17, 15) is 5.26 Å². The Balaban J connectivity index is 1.85. The average Bonchev–Trinajstić information content (AvgIpc) is 2.97. The number of hydrogen-bond acceptors (Lipinski definition) is 4. The molecule has 3 rings (SSSR count). The highest BCUT2D eigenvalue weighted by Gasteiger charge is 2.16. The lowest BCUT2D eigenvalue weighted by atomic mass is 9.95. The second-order valence-electron chi connectivity index (χ2n) is 4.63. The first-order chi connectivity index (χ1) is 9.36. The van der Waals surface area contributed by atoms with Crippen LogP contribution in [0.25, 0.3) is 0 Å². The van der Waals surface area contributed by atoms with Gasteiger partial charge in [-0.15, -0.1) is 0 Å². The van der Waals surface area contributed by atoms with E-state index in [0.29, 0.717) is 18.1 Å². The van der Waals surface area contributed by atoms with Crippen LogP contribution in [0, 0.1) is 11.3 Å². The number of nitrogens with zero attached hydrogens (tertiary/aromatic N) is 2. The van der Waals surface area contributed by atoms with Crippen molar-refractivity contribution in [3.63, 3.8) is 0 Å². The molecule has 0 unspecified atom stereocenters. The average molecular weight is 254 g/mol. The molecule has 0 saturated heterocycles. The summed E-state index contributed by atoms with van der Waals surface area (Å²) in [6.07, 6.45) is 5.91. The number of hydrogen-bond donors (Lipinski definition) is 0. The summed E-state index contributed by atoms with van der Waals surface area (Å²) in [4.78, 5) is 4.50. The van der Waals surface area contributed by atoms with Crippen molar-refractivity contribution in [1.29, 1.82) is 5.26 Å². The molecule has 0 aliphatic heterocycles. The molecule has 0 saturated carbocycles. The zero-order chi connectivity index (χ0) is 13.1. The van der Waals surface area contributed by atoms with Crippen molar-refractivity contribution in [1.82, 2.24) is 4.98 Å². The van der Waals surface area contributed by atoms with E-state index in [4.69, 9.17) is 9.15 Å². The van der Waals surface area contributed by atoms with Crippen LogP contribution in [0.15, 0.2) is 28.9 Å². The van der Waals surface area contributed by atoms with Crippen LogP contribution in [-0.2, 0) is 19.4 Å².